The summed E-state index contributed by atoms with van der Waals surface area (Å²) in [6.07, 6.45) is 24.5. The summed E-state index contributed by atoms with van der Waals surface area (Å²) in [6, 6.07) is 69.8. The number of Topliss-reactive ketones (excluding diaryl/α,β-unsaturated/α-hetero) is 2. The molecule has 104 heavy (non-hydrogen) atoms. The lowest BCUT2D eigenvalue weighted by atomic mass is 10.1. The fourth-order valence-electron chi connectivity index (χ4n) is 9.22. The van der Waals surface area contributed by atoms with Gasteiger partial charge in [0.1, 0.15) is 46.0 Å². The summed E-state index contributed by atoms with van der Waals surface area (Å²) in [7, 11) is 23.2. The molecule has 0 radical (unpaired) electrons. The standard InChI is InChI=1S/C14H14NO.C12H18NO.C12H12N.C11H18N.C10H16N.2C8H12N.2C7H10N.2C2H6/c1-12-5-7-13(8-6-12)14(16)11-15-9-3-2-4-10-15;1-10-5-7-11(8-6-10)12(14)9-13(2,3)4;1-11-5-7-12(8-6-11)13-9-3-2-4-10-13;1-10-5-7-11(8-6-10)9-12(2,3)4;1-9-5-7-10(8-6-9)11(2,3)4;1-3-9-6-4-8(2)5-7-9;1-3-9-6-4-5-8(2)7-9;1-7-3-5-8(2)6-4-7;1-7-4-3-5-8(2)6-7;2*1-2/h2-10H,11H2,1H3;5-8H,9H2,1-4H3;2-10H,1H3;5-8H,9H2,1-4H3;5-8H,1-4H3;2*4-7H,3H2,1-2H3;2*3-6H,1-2H3;2*1-2H3/q9*+1;;. The average Bonchev–Trinajstić information content (AvgIpc) is 0.788. The molecule has 11 rings (SSSR count). The second-order valence-electron chi connectivity index (χ2n) is 28.5. The van der Waals surface area contributed by atoms with Crippen LogP contribution < -0.4 is 31.9 Å². The Morgan fingerprint density at radius 2 is 0.683 bits per heavy atom. The highest BCUT2D eigenvalue weighted by atomic mass is 16.1. The van der Waals surface area contributed by atoms with Crippen molar-refractivity contribution in [2.75, 3.05) is 70.0 Å². The van der Waals surface area contributed by atoms with Crippen LogP contribution in [0.25, 0.3) is 5.69 Å². The minimum absolute atomic E-state index is 0.135. The number of rotatable bonds is 12. The predicted octanol–water partition coefficient (Wildman–Crippen LogP) is 17.0. The highest BCUT2D eigenvalue weighted by Gasteiger charge is 2.16. The van der Waals surface area contributed by atoms with Crippen molar-refractivity contribution in [2.45, 2.75) is 130 Å². The molecule has 0 aliphatic rings. The van der Waals surface area contributed by atoms with E-state index in [-0.39, 0.29) is 11.6 Å². The van der Waals surface area contributed by atoms with Crippen LogP contribution in [0.3, 0.4) is 0 Å². The number of carbonyl (C=O) groups is 2. The van der Waals surface area contributed by atoms with E-state index < -0.39 is 0 Å². The number of nitrogens with zero attached hydrogens (tertiary/aromatic N) is 9. The molecule has 0 aliphatic carbocycles. The second kappa shape index (κ2) is 50.6. The van der Waals surface area contributed by atoms with Crippen LogP contribution in [0.2, 0.25) is 0 Å². The third-order valence-corrected chi connectivity index (χ3v) is 15.1. The lowest BCUT2D eigenvalue weighted by Crippen LogP contribution is -2.39. The Balaban J connectivity index is 0.000000586. The first-order valence-electron chi connectivity index (χ1n) is 36.7. The van der Waals surface area contributed by atoms with Crippen LogP contribution in [0.15, 0.2) is 281 Å². The third-order valence-electron chi connectivity index (χ3n) is 15.1. The lowest BCUT2D eigenvalue weighted by Gasteiger charge is -2.23. The molecule has 0 spiro atoms. The third kappa shape index (κ3) is 43.9. The Morgan fingerprint density at radius 1 is 0.317 bits per heavy atom. The van der Waals surface area contributed by atoms with Crippen LogP contribution in [-0.4, -0.2) is 90.5 Å². The maximum absolute atomic E-state index is 11.9. The fourth-order valence-corrected chi connectivity index (χ4v) is 9.22. The van der Waals surface area contributed by atoms with Gasteiger partial charge in [0.05, 0.1) is 63.4 Å². The SMILES string of the molecule is CC.CC.CC[n+]1ccc(C)cc1.CC[n+]1cccc(C)c1.Cc1cc[n+](C)cc1.Cc1ccc(-[n+]2ccccc2)cc1.Cc1ccc(C(=O)C[N+](C)(C)C)cc1.Cc1ccc(C(=O)C[n+]2ccccc2)cc1.Cc1ccc(C[N+](C)(C)C)cc1.Cc1ccc([N+](C)(C)C)cc1.Cc1ccc[n+](C)c1. The van der Waals surface area contributed by atoms with Crippen LogP contribution in [0.5, 0.6) is 0 Å². The zero-order chi connectivity index (χ0) is 78.3. The van der Waals surface area contributed by atoms with Gasteiger partial charge in [0.15, 0.2) is 74.4 Å². The van der Waals surface area contributed by atoms with Crippen LogP contribution in [0.4, 0.5) is 5.69 Å². The van der Waals surface area contributed by atoms with Crippen LogP contribution in [0.1, 0.15) is 118 Å². The molecule has 554 valence electrons. The maximum Gasteiger partial charge on any atom is 0.227 e. The van der Waals surface area contributed by atoms with E-state index in [4.69, 9.17) is 0 Å². The molecule has 0 saturated carbocycles. The first-order chi connectivity index (χ1) is 49.2. The Bertz CT molecular complexity index is 3990. The zero-order valence-corrected chi connectivity index (χ0v) is 68.9. The molecule has 6 aromatic heterocycles. The molecule has 11 nitrogen and oxygen atoms in total. The van der Waals surface area contributed by atoms with Gasteiger partial charge >= 0.3 is 0 Å². The molecule has 0 fully saturated rings. The van der Waals surface area contributed by atoms with Crippen molar-refractivity contribution < 1.29 is 46.0 Å². The molecular formula is C93H134N9O2+9. The van der Waals surface area contributed by atoms with E-state index in [1.54, 1.807) is 0 Å². The molecule has 5 aromatic carbocycles. The first-order valence-corrected chi connectivity index (χ1v) is 36.7. The molecule has 0 bridgehead atoms. The number of quaternary nitrogens is 3. The van der Waals surface area contributed by atoms with Crippen molar-refractivity contribution in [2.24, 2.45) is 14.1 Å². The van der Waals surface area contributed by atoms with Crippen molar-refractivity contribution in [3.8, 4) is 5.69 Å². The van der Waals surface area contributed by atoms with E-state index in [1.165, 1.54) is 67.0 Å². The summed E-state index contributed by atoms with van der Waals surface area (Å²) in [6.45, 7) is 35.2. The Kier molecular flexibility index (Phi) is 44.8. The zero-order valence-electron chi connectivity index (χ0n) is 68.9. The van der Waals surface area contributed by atoms with E-state index in [1.807, 2.05) is 225 Å². The van der Waals surface area contributed by atoms with Gasteiger partial charge in [0.2, 0.25) is 23.8 Å². The van der Waals surface area contributed by atoms with Gasteiger partial charge in [0, 0.05) is 101 Å². The highest BCUT2D eigenvalue weighted by Crippen LogP contribution is 2.17. The molecule has 0 atom stereocenters. The second-order valence-corrected chi connectivity index (χ2v) is 28.5. The van der Waals surface area contributed by atoms with Crippen LogP contribution in [0, 0.1) is 62.3 Å². The summed E-state index contributed by atoms with van der Waals surface area (Å²) in [5, 5.41) is 0. The fraction of sp³-hybridized carbons (Fsp3) is 0.333. The van der Waals surface area contributed by atoms with Crippen molar-refractivity contribution in [3.63, 3.8) is 0 Å². The summed E-state index contributed by atoms with van der Waals surface area (Å²) < 4.78 is 14.9. The molecule has 11 heteroatoms. The molecule has 0 aliphatic heterocycles. The molecule has 6 heterocycles. The number of ketones is 2. The Labute approximate surface area is 631 Å². The molecular weight excluding hydrogens is 1280 g/mol. The van der Waals surface area contributed by atoms with Gasteiger partial charge in [-0.2, -0.15) is 9.13 Å². The van der Waals surface area contributed by atoms with Gasteiger partial charge < -0.3 is 8.97 Å². The molecule has 0 unspecified atom stereocenters. The van der Waals surface area contributed by atoms with Crippen LogP contribution >= 0.6 is 0 Å². The predicted molar refractivity (Wildman–Crippen MR) is 438 cm³/mol. The van der Waals surface area contributed by atoms with Crippen molar-refractivity contribution in [1.82, 2.24) is 4.48 Å². The summed E-state index contributed by atoms with van der Waals surface area (Å²) in [5.41, 5.74) is 17.1. The van der Waals surface area contributed by atoms with E-state index in [0.29, 0.717) is 17.6 Å². The van der Waals surface area contributed by atoms with Crippen molar-refractivity contribution in [1.29, 1.82) is 0 Å². The number of carbonyl (C=O) groups excluding carboxylic acids is 2. The monoisotopic (exact) mass is 1410 g/mol. The summed E-state index contributed by atoms with van der Waals surface area (Å²) in [5.74, 6) is 0.341. The van der Waals surface area contributed by atoms with Crippen LogP contribution in [-0.2, 0) is 40.3 Å². The summed E-state index contributed by atoms with van der Waals surface area (Å²) >= 11 is 0. The Hall–Kier alpha value is -9.78. The Morgan fingerprint density at radius 3 is 1.05 bits per heavy atom. The average molecular weight is 1410 g/mol. The van der Waals surface area contributed by atoms with Crippen molar-refractivity contribution in [3.05, 3.63) is 347 Å². The summed E-state index contributed by atoms with van der Waals surface area (Å²) in [4.78, 5) is 23.7. The minimum atomic E-state index is 0.135. The lowest BCUT2D eigenvalue weighted by molar-refractivity contribution is -0.884. The maximum atomic E-state index is 11.9. The first kappa shape index (κ1) is 92.2. The minimum Gasteiger partial charge on any atom is -0.327 e. The molecule has 0 saturated heterocycles. The normalized spacial score (nSPS) is 10.1. The van der Waals surface area contributed by atoms with Gasteiger partial charge in [-0.25, -0.2) is 18.3 Å². The van der Waals surface area contributed by atoms with Gasteiger partial charge in [-0.05, 0) is 112 Å². The van der Waals surface area contributed by atoms with E-state index in [0.717, 1.165) is 39.7 Å². The number of hydrogen-bond acceptors (Lipinski definition) is 2. The van der Waals surface area contributed by atoms with Crippen molar-refractivity contribution >= 4 is 17.3 Å². The molecule has 11 aromatic rings. The number of aromatic nitrogens is 6. The van der Waals surface area contributed by atoms with E-state index >= 15 is 0 Å². The number of likely N-dealkylation sites (N-methyl/N-ethyl adjacent to an activating group) is 1. The largest absolute Gasteiger partial charge is 0.327 e. The van der Waals surface area contributed by atoms with E-state index in [9.17, 15) is 9.59 Å². The van der Waals surface area contributed by atoms with E-state index in [2.05, 4.69) is 265 Å². The number of pyridine rings is 6. The van der Waals surface area contributed by atoms with Gasteiger partial charge in [-0.1, -0.05) is 165 Å². The quantitative estimate of drug-likeness (QED) is 0.0695. The highest BCUT2D eigenvalue weighted by molar-refractivity contribution is 5.97. The topological polar surface area (TPSA) is 57.4 Å². The number of hydrogen-bond donors (Lipinski definition) is 0. The smallest absolute Gasteiger partial charge is 0.227 e. The van der Waals surface area contributed by atoms with Gasteiger partial charge in [-0.3, -0.25) is 14.1 Å². The molecule has 0 amide bonds. The van der Waals surface area contributed by atoms with Gasteiger partial charge in [-0.15, -0.1) is 0 Å². The van der Waals surface area contributed by atoms with Gasteiger partial charge in [0.25, 0.3) is 0 Å². The number of benzene rings is 5. The number of aryl methyl sites for hydroxylation is 13. The molecule has 0 N–H and O–H groups in total.